The average Bonchev–Trinajstić information content (AvgIpc) is 3.33. The number of nitrogens with zero attached hydrogens (tertiary/aromatic N) is 1. The van der Waals surface area contributed by atoms with Crippen LogP contribution in [0.3, 0.4) is 0 Å². The minimum Gasteiger partial charge on any atom is -0.480 e. The van der Waals surface area contributed by atoms with Crippen LogP contribution in [0.2, 0.25) is 0 Å². The number of hydrogen-bond acceptors (Lipinski definition) is 5. The number of amides is 3. The van der Waals surface area contributed by atoms with Gasteiger partial charge in [0.2, 0.25) is 5.91 Å². The number of carboxylic acid groups (broad SMARTS) is 1. The molecule has 0 bridgehead atoms. The Labute approximate surface area is 189 Å². The molecule has 1 aliphatic rings. The molecule has 170 valence electrons. The normalized spacial score (nSPS) is 13.9. The fourth-order valence-electron chi connectivity index (χ4n) is 4.22. The molecule has 0 aliphatic carbocycles. The summed E-state index contributed by atoms with van der Waals surface area (Å²) in [5.74, 6) is -2.85. The van der Waals surface area contributed by atoms with Crippen molar-refractivity contribution in [2.24, 2.45) is 0 Å². The highest BCUT2D eigenvalue weighted by Gasteiger charge is 2.42. The summed E-state index contributed by atoms with van der Waals surface area (Å²) in [6.07, 6.45) is 4.09. The highest BCUT2D eigenvalue weighted by molar-refractivity contribution is 6.22. The number of carbonyl (C=O) groups is 4. The maximum Gasteiger partial charge on any atom is 0.327 e. The molecular formula is C24H23N3O6. The van der Waals surface area contributed by atoms with Gasteiger partial charge in [0, 0.05) is 29.9 Å². The molecule has 2 aromatic carbocycles. The molecule has 9 nitrogen and oxygen atoms in total. The molecule has 4 N–H and O–H groups in total. The van der Waals surface area contributed by atoms with Gasteiger partial charge in [-0.2, -0.15) is 0 Å². The molecule has 0 radical (unpaired) electrons. The monoisotopic (exact) mass is 449 g/mol. The number of aromatic amines is 1. The van der Waals surface area contributed by atoms with Crippen LogP contribution in [0, 0.1) is 0 Å². The zero-order valence-electron chi connectivity index (χ0n) is 17.7. The quantitative estimate of drug-likeness (QED) is 0.171. The number of rotatable bonds is 9. The Morgan fingerprint density at radius 3 is 2.36 bits per heavy atom. The molecule has 0 spiro atoms. The van der Waals surface area contributed by atoms with Gasteiger partial charge in [-0.05, 0) is 48.6 Å². The van der Waals surface area contributed by atoms with E-state index in [1.807, 2.05) is 18.2 Å². The molecule has 9 heteroatoms. The second-order valence-electron chi connectivity index (χ2n) is 8.02. The molecule has 0 fully saturated rings. The van der Waals surface area contributed by atoms with E-state index in [1.54, 1.807) is 23.8 Å². The van der Waals surface area contributed by atoms with Gasteiger partial charge >= 0.3 is 5.97 Å². The predicted molar refractivity (Wildman–Crippen MR) is 118 cm³/mol. The lowest BCUT2D eigenvalue weighted by molar-refractivity contribution is -0.141. The number of unbranched alkanes of at least 4 members (excludes halogenated alkanes) is 1. The molecule has 3 amide bonds. The second-order valence-corrected chi connectivity index (χ2v) is 8.02. The third-order valence-electron chi connectivity index (χ3n) is 5.91. The van der Waals surface area contributed by atoms with Crippen LogP contribution >= 0.6 is 0 Å². The van der Waals surface area contributed by atoms with Crippen molar-refractivity contribution < 1.29 is 29.5 Å². The van der Waals surface area contributed by atoms with Crippen molar-refractivity contribution >= 4 is 34.6 Å². The third kappa shape index (κ3) is 4.35. The van der Waals surface area contributed by atoms with Gasteiger partial charge in [-0.3, -0.25) is 24.5 Å². The van der Waals surface area contributed by atoms with Gasteiger partial charge in [-0.25, -0.2) is 10.3 Å². The largest absolute Gasteiger partial charge is 0.480 e. The van der Waals surface area contributed by atoms with E-state index >= 15 is 0 Å². The summed E-state index contributed by atoms with van der Waals surface area (Å²) in [5.41, 5.74) is 4.61. The number of nitrogens with one attached hydrogen (secondary N) is 2. The van der Waals surface area contributed by atoms with Gasteiger partial charge in [0.05, 0.1) is 11.1 Å². The van der Waals surface area contributed by atoms with Crippen molar-refractivity contribution in [1.82, 2.24) is 15.4 Å². The number of H-pyrrole nitrogens is 1. The van der Waals surface area contributed by atoms with Gasteiger partial charge in [0.25, 0.3) is 11.8 Å². The number of aliphatic carboxylic acids is 1. The smallest absolute Gasteiger partial charge is 0.327 e. The lowest BCUT2D eigenvalue weighted by atomic mass is 10.0. The predicted octanol–water partition coefficient (Wildman–Crippen LogP) is 2.68. The number of hydrogen-bond donors (Lipinski definition) is 4. The summed E-state index contributed by atoms with van der Waals surface area (Å²) >= 11 is 0. The first kappa shape index (κ1) is 22.2. The van der Waals surface area contributed by atoms with Crippen LogP contribution in [0.5, 0.6) is 0 Å². The van der Waals surface area contributed by atoms with E-state index in [2.05, 4.69) is 4.98 Å². The molecule has 0 saturated carbocycles. The standard InChI is InChI=1S/C24H23N3O6/c28-21(26-33)8-4-1-5-14-9-10-16-15(13-25-19(16)11-14)12-20(24(31)32)27-22(29)17-6-2-3-7-18(17)23(27)30/h2-3,6-7,9-11,13,20,25,33H,1,4-5,8,12H2,(H,26,28)(H,31,32)/t20-/m0/s1. The highest BCUT2D eigenvalue weighted by atomic mass is 16.5. The minimum atomic E-state index is -1.33. The van der Waals surface area contributed by atoms with E-state index < -0.39 is 29.7 Å². The molecule has 33 heavy (non-hydrogen) atoms. The number of aromatic nitrogens is 1. The van der Waals surface area contributed by atoms with Crippen LogP contribution in [-0.4, -0.2) is 49.9 Å². The summed E-state index contributed by atoms with van der Waals surface area (Å²) < 4.78 is 0. The molecule has 3 aromatic rings. The second kappa shape index (κ2) is 9.25. The molecule has 2 heterocycles. The zero-order valence-corrected chi connectivity index (χ0v) is 17.7. The summed E-state index contributed by atoms with van der Waals surface area (Å²) in [6, 6.07) is 10.8. The van der Waals surface area contributed by atoms with Crippen molar-refractivity contribution in [1.29, 1.82) is 0 Å². The Morgan fingerprint density at radius 1 is 1.03 bits per heavy atom. The molecule has 4 rings (SSSR count). The maximum atomic E-state index is 12.8. The number of fused-ring (bicyclic) bond motifs is 2. The van der Waals surface area contributed by atoms with Crippen molar-refractivity contribution in [2.45, 2.75) is 38.1 Å². The Bertz CT molecular complexity index is 1210. The first-order valence-corrected chi connectivity index (χ1v) is 10.6. The first-order chi connectivity index (χ1) is 15.9. The molecule has 0 unspecified atom stereocenters. The number of carbonyl (C=O) groups excluding carboxylic acids is 3. The number of hydroxylamine groups is 1. The fourth-order valence-corrected chi connectivity index (χ4v) is 4.22. The lowest BCUT2D eigenvalue weighted by Crippen LogP contribution is -2.46. The van der Waals surface area contributed by atoms with Crippen LogP contribution in [0.15, 0.2) is 48.7 Å². The Morgan fingerprint density at radius 2 is 1.73 bits per heavy atom. The van der Waals surface area contributed by atoms with Crippen LogP contribution in [-0.2, 0) is 22.4 Å². The minimum absolute atomic E-state index is 0.0174. The van der Waals surface area contributed by atoms with Crippen LogP contribution in [0.25, 0.3) is 10.9 Å². The van der Waals surface area contributed by atoms with Crippen molar-refractivity contribution in [3.8, 4) is 0 Å². The van der Waals surface area contributed by atoms with Gasteiger partial charge in [0.15, 0.2) is 0 Å². The topological polar surface area (TPSA) is 140 Å². The van der Waals surface area contributed by atoms with Crippen LogP contribution < -0.4 is 5.48 Å². The molecule has 1 aliphatic heterocycles. The Kier molecular flexibility index (Phi) is 6.23. The average molecular weight is 449 g/mol. The summed E-state index contributed by atoms with van der Waals surface area (Å²) in [7, 11) is 0. The van der Waals surface area contributed by atoms with Crippen LogP contribution in [0.4, 0.5) is 0 Å². The van der Waals surface area contributed by atoms with E-state index in [1.165, 1.54) is 12.1 Å². The van der Waals surface area contributed by atoms with E-state index in [0.717, 1.165) is 34.2 Å². The van der Waals surface area contributed by atoms with Crippen molar-refractivity contribution in [3.05, 3.63) is 70.9 Å². The SMILES string of the molecule is O=C(CCCCc1ccc2c(C[C@@H](C(=O)O)N3C(=O)c4ccccc4C3=O)c[nH]c2c1)NO. The van der Waals surface area contributed by atoms with E-state index in [0.29, 0.717) is 12.0 Å². The summed E-state index contributed by atoms with van der Waals surface area (Å²) in [5, 5.41) is 19.2. The lowest BCUT2D eigenvalue weighted by Gasteiger charge is -2.22. The molecular weight excluding hydrogens is 426 g/mol. The maximum absolute atomic E-state index is 12.8. The van der Waals surface area contributed by atoms with E-state index in [4.69, 9.17) is 5.21 Å². The number of imide groups is 1. The van der Waals surface area contributed by atoms with Crippen LogP contribution in [0.1, 0.15) is 51.1 Å². The summed E-state index contributed by atoms with van der Waals surface area (Å²) in [6.45, 7) is 0. The van der Waals surface area contributed by atoms with E-state index in [9.17, 15) is 24.3 Å². The van der Waals surface area contributed by atoms with Crippen molar-refractivity contribution in [3.63, 3.8) is 0 Å². The highest BCUT2D eigenvalue weighted by Crippen LogP contribution is 2.28. The van der Waals surface area contributed by atoms with Gasteiger partial charge < -0.3 is 10.1 Å². The Balaban J connectivity index is 1.50. The van der Waals surface area contributed by atoms with Crippen molar-refractivity contribution in [2.75, 3.05) is 0 Å². The molecule has 0 saturated heterocycles. The fraction of sp³-hybridized carbons (Fsp3) is 0.250. The van der Waals surface area contributed by atoms with E-state index in [-0.39, 0.29) is 24.0 Å². The van der Waals surface area contributed by atoms with Gasteiger partial charge in [-0.1, -0.05) is 24.3 Å². The van der Waals surface area contributed by atoms with Gasteiger partial charge in [-0.15, -0.1) is 0 Å². The molecule has 1 aromatic heterocycles. The number of benzene rings is 2. The number of aryl methyl sites for hydroxylation is 1. The Hall–Kier alpha value is -3.98. The molecule has 1 atom stereocenters. The zero-order chi connectivity index (χ0) is 23.5. The van der Waals surface area contributed by atoms with Gasteiger partial charge in [0.1, 0.15) is 6.04 Å². The summed E-state index contributed by atoms with van der Waals surface area (Å²) in [4.78, 5) is 52.7. The third-order valence-corrected chi connectivity index (χ3v) is 5.91. The number of carboxylic acids is 1. The first-order valence-electron chi connectivity index (χ1n) is 10.6.